The molecule has 2 aromatic rings. The Bertz CT molecular complexity index is 1070. The first-order valence-electron chi connectivity index (χ1n) is 10.9. The largest absolute Gasteiger partial charge is 0.372 e. The normalized spacial score (nSPS) is 21.0. The second kappa shape index (κ2) is 6.99. The van der Waals surface area contributed by atoms with E-state index in [4.69, 9.17) is 11.6 Å². The molecular weight excluding hydrogens is 410 g/mol. The molecule has 2 heterocycles. The van der Waals surface area contributed by atoms with Crippen LogP contribution < -0.4 is 10.2 Å². The number of hydrogen-bond acceptors (Lipinski definition) is 3. The summed E-state index contributed by atoms with van der Waals surface area (Å²) in [5.74, 6) is 0.804. The van der Waals surface area contributed by atoms with E-state index in [1.165, 1.54) is 12.8 Å². The summed E-state index contributed by atoms with van der Waals surface area (Å²) in [7, 11) is 0. The summed E-state index contributed by atoms with van der Waals surface area (Å²) in [6.07, 6.45) is 3.30. The zero-order valence-corrected chi connectivity index (χ0v) is 19.0. The second-order valence-electron chi connectivity index (χ2n) is 9.85. The van der Waals surface area contributed by atoms with E-state index in [-0.39, 0.29) is 5.91 Å². The highest BCUT2D eigenvalue weighted by Crippen LogP contribution is 2.46. The summed E-state index contributed by atoms with van der Waals surface area (Å²) < 4.78 is 0. The van der Waals surface area contributed by atoms with Crippen molar-refractivity contribution >= 4 is 35.3 Å². The van der Waals surface area contributed by atoms with Gasteiger partial charge in [-0.05, 0) is 74.4 Å². The Hall–Kier alpha value is -2.53. The smallest absolute Gasteiger partial charge is 0.237 e. The van der Waals surface area contributed by atoms with Crippen LogP contribution in [0.1, 0.15) is 43.4 Å². The van der Waals surface area contributed by atoms with E-state index in [1.807, 2.05) is 37.8 Å². The molecule has 2 aliphatic heterocycles. The van der Waals surface area contributed by atoms with Crippen molar-refractivity contribution in [2.75, 3.05) is 29.9 Å². The predicted octanol–water partition coefficient (Wildman–Crippen LogP) is 4.46. The third-order valence-corrected chi connectivity index (χ3v) is 7.55. The molecule has 5 nitrogen and oxygen atoms in total. The molecule has 2 fully saturated rings. The number of fused-ring (bicyclic) bond motifs is 1. The Kier molecular flexibility index (Phi) is 4.60. The van der Waals surface area contributed by atoms with Gasteiger partial charge in [0.15, 0.2) is 0 Å². The topological polar surface area (TPSA) is 52.7 Å². The van der Waals surface area contributed by atoms with Gasteiger partial charge in [0.1, 0.15) is 0 Å². The van der Waals surface area contributed by atoms with Gasteiger partial charge in [-0.1, -0.05) is 29.8 Å². The Morgan fingerprint density at radius 1 is 1.16 bits per heavy atom. The fraction of sp³-hybridized carbons (Fsp3) is 0.440. The number of halogens is 1. The van der Waals surface area contributed by atoms with Crippen LogP contribution in [0, 0.1) is 12.8 Å². The summed E-state index contributed by atoms with van der Waals surface area (Å²) in [4.78, 5) is 28.2. The first kappa shape index (κ1) is 20.4. The molecule has 5 rings (SSSR count). The zero-order valence-electron chi connectivity index (χ0n) is 18.2. The van der Waals surface area contributed by atoms with Crippen LogP contribution in [0.3, 0.4) is 0 Å². The Labute approximate surface area is 188 Å². The van der Waals surface area contributed by atoms with E-state index in [2.05, 4.69) is 29.6 Å². The quantitative estimate of drug-likeness (QED) is 0.679. The molecule has 0 bridgehead atoms. The van der Waals surface area contributed by atoms with E-state index in [9.17, 15) is 9.59 Å². The van der Waals surface area contributed by atoms with Crippen molar-refractivity contribution in [2.45, 2.75) is 44.6 Å². The number of benzene rings is 2. The number of anilines is 2. The van der Waals surface area contributed by atoms with Crippen molar-refractivity contribution in [1.29, 1.82) is 0 Å². The third kappa shape index (κ3) is 3.21. The van der Waals surface area contributed by atoms with E-state index in [1.54, 1.807) is 4.90 Å². The molecule has 2 aromatic carbocycles. The van der Waals surface area contributed by atoms with E-state index in [0.717, 1.165) is 46.0 Å². The molecule has 1 saturated heterocycles. The maximum atomic E-state index is 13.1. The average Bonchev–Trinajstić information content (AvgIpc) is 3.51. The van der Waals surface area contributed by atoms with Gasteiger partial charge in [-0.25, -0.2) is 0 Å². The number of carbonyl (C=O) groups excluding carboxylic acids is 2. The lowest BCUT2D eigenvalue weighted by atomic mass is 9.80. The lowest BCUT2D eigenvalue weighted by Crippen LogP contribution is -2.63. The molecule has 0 aromatic heterocycles. The summed E-state index contributed by atoms with van der Waals surface area (Å²) in [5, 5.41) is 4.43. The standard InChI is InChI=1S/C25H28ClN3O2/c1-16-19(5-4-6-21(16)26)25(13-28(14-25)15-30)27-18-9-10-20-22(11-18)29(12-17-7-8-17)23(31)24(20,2)3/h4-6,9-11,15,17,27H,7-8,12-14H2,1-3H3. The number of nitrogens with one attached hydrogen (secondary N) is 1. The van der Waals surface area contributed by atoms with Crippen LogP contribution in [-0.2, 0) is 20.5 Å². The minimum absolute atomic E-state index is 0.183. The number of nitrogens with zero attached hydrogens (tertiary/aromatic N) is 2. The Morgan fingerprint density at radius 3 is 2.58 bits per heavy atom. The fourth-order valence-electron chi connectivity index (χ4n) is 5.10. The number of carbonyl (C=O) groups is 2. The van der Waals surface area contributed by atoms with E-state index >= 15 is 0 Å². The number of rotatable bonds is 6. The van der Waals surface area contributed by atoms with Gasteiger partial charge in [0.05, 0.1) is 11.0 Å². The molecule has 0 radical (unpaired) electrons. The summed E-state index contributed by atoms with van der Waals surface area (Å²) in [6, 6.07) is 12.2. The van der Waals surface area contributed by atoms with Gasteiger partial charge in [0.25, 0.3) is 0 Å². The van der Waals surface area contributed by atoms with Gasteiger partial charge in [-0.15, -0.1) is 0 Å². The van der Waals surface area contributed by atoms with Crippen LogP contribution >= 0.6 is 11.6 Å². The molecule has 0 spiro atoms. The predicted molar refractivity (Wildman–Crippen MR) is 124 cm³/mol. The van der Waals surface area contributed by atoms with Gasteiger partial charge in [-0.3, -0.25) is 9.59 Å². The number of hydrogen-bond donors (Lipinski definition) is 1. The molecule has 3 aliphatic rings. The fourth-order valence-corrected chi connectivity index (χ4v) is 5.28. The average molecular weight is 438 g/mol. The van der Waals surface area contributed by atoms with Crippen LogP contribution in [0.15, 0.2) is 36.4 Å². The highest BCUT2D eigenvalue weighted by Gasteiger charge is 2.47. The summed E-state index contributed by atoms with van der Waals surface area (Å²) in [5.41, 5.74) is 4.27. The molecule has 162 valence electrons. The highest BCUT2D eigenvalue weighted by molar-refractivity contribution is 6.31. The third-order valence-electron chi connectivity index (χ3n) is 7.14. The van der Waals surface area contributed by atoms with Crippen LogP contribution in [-0.4, -0.2) is 36.9 Å². The molecule has 31 heavy (non-hydrogen) atoms. The van der Waals surface area contributed by atoms with Crippen LogP contribution in [0.25, 0.3) is 0 Å². The minimum Gasteiger partial charge on any atom is -0.372 e. The van der Waals surface area contributed by atoms with Crippen molar-refractivity contribution in [2.24, 2.45) is 5.92 Å². The summed E-state index contributed by atoms with van der Waals surface area (Å²) >= 11 is 6.42. The van der Waals surface area contributed by atoms with Crippen LogP contribution in [0.5, 0.6) is 0 Å². The summed E-state index contributed by atoms with van der Waals surface area (Å²) in [6.45, 7) is 8.00. The van der Waals surface area contributed by atoms with E-state index in [0.29, 0.717) is 19.0 Å². The first-order chi connectivity index (χ1) is 14.7. The Balaban J connectivity index is 1.52. The maximum Gasteiger partial charge on any atom is 0.237 e. The minimum atomic E-state index is -0.505. The number of likely N-dealkylation sites (tertiary alicyclic amines) is 1. The lowest BCUT2D eigenvalue weighted by Gasteiger charge is -2.50. The molecule has 0 atom stereocenters. The lowest BCUT2D eigenvalue weighted by molar-refractivity contribution is -0.124. The Morgan fingerprint density at radius 2 is 1.90 bits per heavy atom. The van der Waals surface area contributed by atoms with Crippen molar-refractivity contribution < 1.29 is 9.59 Å². The van der Waals surface area contributed by atoms with Crippen LogP contribution in [0.2, 0.25) is 5.02 Å². The van der Waals surface area contributed by atoms with Crippen molar-refractivity contribution in [3.05, 3.63) is 58.1 Å². The number of amides is 2. The van der Waals surface area contributed by atoms with Gasteiger partial charge < -0.3 is 15.1 Å². The molecule has 1 aliphatic carbocycles. The van der Waals surface area contributed by atoms with E-state index < -0.39 is 11.0 Å². The zero-order chi connectivity index (χ0) is 22.0. The highest BCUT2D eigenvalue weighted by atomic mass is 35.5. The van der Waals surface area contributed by atoms with Crippen molar-refractivity contribution in [3.8, 4) is 0 Å². The van der Waals surface area contributed by atoms with Crippen molar-refractivity contribution in [3.63, 3.8) is 0 Å². The monoisotopic (exact) mass is 437 g/mol. The van der Waals surface area contributed by atoms with Gasteiger partial charge in [-0.2, -0.15) is 0 Å². The van der Waals surface area contributed by atoms with Crippen LogP contribution in [0.4, 0.5) is 11.4 Å². The SMILES string of the molecule is Cc1c(Cl)cccc1C1(Nc2ccc3c(c2)N(CC2CC2)C(=O)C3(C)C)CN(C=O)C1. The van der Waals surface area contributed by atoms with Gasteiger partial charge >= 0.3 is 0 Å². The second-order valence-corrected chi connectivity index (χ2v) is 10.3. The van der Waals surface area contributed by atoms with Gasteiger partial charge in [0.2, 0.25) is 12.3 Å². The maximum absolute atomic E-state index is 13.1. The molecule has 2 amide bonds. The molecular formula is C25H28ClN3O2. The molecule has 1 saturated carbocycles. The molecule has 1 N–H and O–H groups in total. The first-order valence-corrected chi connectivity index (χ1v) is 11.3. The molecule has 6 heteroatoms. The molecule has 0 unspecified atom stereocenters. The van der Waals surface area contributed by atoms with Gasteiger partial charge in [0, 0.05) is 36.0 Å². The van der Waals surface area contributed by atoms with Crippen molar-refractivity contribution in [1.82, 2.24) is 4.90 Å².